The van der Waals surface area contributed by atoms with Gasteiger partial charge in [0, 0.05) is 13.2 Å². The Hall–Kier alpha value is -3.09. The lowest BCUT2D eigenvalue weighted by Gasteiger charge is -2.04. The molecule has 0 aliphatic rings. The SMILES string of the molecule is CNC(=O)NC(=O)/C(C#N)=C\NCC(=O)NCC(=O)O. The molecule has 0 rings (SSSR count). The smallest absolute Gasteiger partial charge is 0.322 e. The molecule has 0 radical (unpaired) electrons. The van der Waals surface area contributed by atoms with Crippen LogP contribution in [-0.2, 0) is 14.4 Å². The number of hydrogen-bond donors (Lipinski definition) is 5. The first-order valence-corrected chi connectivity index (χ1v) is 5.26. The number of carboxylic acids is 1. The summed E-state index contributed by atoms with van der Waals surface area (Å²) in [5.74, 6) is -2.77. The van der Waals surface area contributed by atoms with E-state index in [0.29, 0.717) is 0 Å². The molecule has 0 spiro atoms. The number of nitrogens with zero attached hydrogens (tertiary/aromatic N) is 1. The third kappa shape index (κ3) is 7.28. The molecule has 0 aliphatic carbocycles. The molecule has 10 nitrogen and oxygen atoms in total. The second kappa shape index (κ2) is 8.92. The Kier molecular flexibility index (Phi) is 7.54. The number of carbonyl (C=O) groups is 4. The van der Waals surface area contributed by atoms with Crippen LogP contribution in [0.15, 0.2) is 11.8 Å². The van der Waals surface area contributed by atoms with Crippen LogP contribution < -0.4 is 21.3 Å². The maximum absolute atomic E-state index is 11.4. The van der Waals surface area contributed by atoms with Gasteiger partial charge in [-0.1, -0.05) is 0 Å². The highest BCUT2D eigenvalue weighted by atomic mass is 16.4. The van der Waals surface area contributed by atoms with Crippen molar-refractivity contribution in [3.63, 3.8) is 0 Å². The lowest BCUT2D eigenvalue weighted by atomic mass is 10.3. The van der Waals surface area contributed by atoms with Gasteiger partial charge in [0.2, 0.25) is 5.91 Å². The van der Waals surface area contributed by atoms with Crippen LogP contribution in [0.3, 0.4) is 0 Å². The van der Waals surface area contributed by atoms with E-state index in [9.17, 15) is 19.2 Å². The van der Waals surface area contributed by atoms with Gasteiger partial charge in [-0.15, -0.1) is 0 Å². The highest BCUT2D eigenvalue weighted by Gasteiger charge is 2.11. The molecule has 0 unspecified atom stereocenters. The van der Waals surface area contributed by atoms with Crippen molar-refractivity contribution in [1.82, 2.24) is 21.3 Å². The summed E-state index contributed by atoms with van der Waals surface area (Å²) in [6.07, 6.45) is 0.943. The molecule has 0 aromatic carbocycles. The van der Waals surface area contributed by atoms with Crippen molar-refractivity contribution in [2.24, 2.45) is 0 Å². The fourth-order valence-electron chi connectivity index (χ4n) is 0.864. The third-order valence-electron chi connectivity index (χ3n) is 1.77. The lowest BCUT2D eigenvalue weighted by molar-refractivity contribution is -0.137. The van der Waals surface area contributed by atoms with Gasteiger partial charge in [-0.05, 0) is 0 Å². The number of amides is 4. The largest absolute Gasteiger partial charge is 0.480 e. The number of rotatable bonds is 6. The molecule has 0 fully saturated rings. The van der Waals surface area contributed by atoms with Crippen LogP contribution in [0.4, 0.5) is 4.79 Å². The summed E-state index contributed by atoms with van der Waals surface area (Å²) in [6.45, 7) is -0.863. The van der Waals surface area contributed by atoms with Gasteiger partial charge in [0.15, 0.2) is 0 Å². The van der Waals surface area contributed by atoms with Crippen LogP contribution in [0.5, 0.6) is 0 Å². The average Bonchev–Trinajstić information content (AvgIpc) is 2.40. The summed E-state index contributed by atoms with van der Waals surface area (Å²) in [4.78, 5) is 43.5. The zero-order valence-electron chi connectivity index (χ0n) is 10.5. The standard InChI is InChI=1S/C10H13N5O5/c1-12-10(20)15-9(19)6(2-11)3-13-4-7(16)14-5-8(17)18/h3,13H,4-5H2,1H3,(H,14,16)(H,17,18)(H2,12,15,19,20)/b6-3-. The number of nitrogens with one attached hydrogen (secondary N) is 4. The van der Waals surface area contributed by atoms with Crippen molar-refractivity contribution in [3.8, 4) is 6.07 Å². The van der Waals surface area contributed by atoms with Crippen molar-refractivity contribution in [2.75, 3.05) is 20.1 Å². The number of carbonyl (C=O) groups excluding carboxylic acids is 3. The highest BCUT2D eigenvalue weighted by Crippen LogP contribution is 1.89. The normalized spacial score (nSPS) is 9.90. The Morgan fingerprint density at radius 3 is 2.40 bits per heavy atom. The van der Waals surface area contributed by atoms with Crippen LogP contribution in [0.2, 0.25) is 0 Å². The van der Waals surface area contributed by atoms with Crippen molar-refractivity contribution in [3.05, 3.63) is 11.8 Å². The second-order valence-electron chi connectivity index (χ2n) is 3.25. The Bertz CT molecular complexity index is 479. The highest BCUT2D eigenvalue weighted by molar-refractivity contribution is 6.06. The number of urea groups is 1. The van der Waals surface area contributed by atoms with Gasteiger partial charge in [0.25, 0.3) is 5.91 Å². The van der Waals surface area contributed by atoms with Gasteiger partial charge in [0.1, 0.15) is 18.2 Å². The molecule has 0 heterocycles. The van der Waals surface area contributed by atoms with E-state index in [2.05, 4.69) is 16.0 Å². The predicted molar refractivity (Wildman–Crippen MR) is 64.9 cm³/mol. The van der Waals surface area contributed by atoms with Crippen LogP contribution >= 0.6 is 0 Å². The third-order valence-corrected chi connectivity index (χ3v) is 1.77. The Balaban J connectivity index is 4.30. The van der Waals surface area contributed by atoms with E-state index in [1.807, 2.05) is 5.32 Å². The topological polar surface area (TPSA) is 160 Å². The van der Waals surface area contributed by atoms with E-state index in [4.69, 9.17) is 10.4 Å². The van der Waals surface area contributed by atoms with Gasteiger partial charge in [0.05, 0.1) is 6.54 Å². The summed E-state index contributed by atoms with van der Waals surface area (Å²) in [6, 6.07) is 0.754. The Morgan fingerprint density at radius 1 is 1.25 bits per heavy atom. The number of carboxylic acid groups (broad SMARTS) is 1. The zero-order chi connectivity index (χ0) is 15.5. The van der Waals surface area contributed by atoms with Crippen LogP contribution in [0.25, 0.3) is 0 Å². The molecule has 108 valence electrons. The van der Waals surface area contributed by atoms with Gasteiger partial charge < -0.3 is 21.1 Å². The molecule has 4 amide bonds. The van der Waals surface area contributed by atoms with Crippen LogP contribution in [0.1, 0.15) is 0 Å². The van der Waals surface area contributed by atoms with Gasteiger partial charge in [-0.3, -0.25) is 19.7 Å². The first kappa shape index (κ1) is 16.9. The van der Waals surface area contributed by atoms with Gasteiger partial charge >= 0.3 is 12.0 Å². The molecular formula is C10H13N5O5. The molecule has 0 saturated carbocycles. The second-order valence-corrected chi connectivity index (χ2v) is 3.25. The Labute approximate surface area is 113 Å². The molecular weight excluding hydrogens is 270 g/mol. The molecule has 0 aromatic rings. The lowest BCUT2D eigenvalue weighted by Crippen LogP contribution is -2.39. The number of imide groups is 1. The first-order valence-electron chi connectivity index (χ1n) is 5.26. The minimum absolute atomic E-state index is 0.328. The molecule has 0 atom stereocenters. The van der Waals surface area contributed by atoms with E-state index in [1.165, 1.54) is 13.1 Å². The summed E-state index contributed by atoms with van der Waals surface area (Å²) in [5.41, 5.74) is -0.417. The molecule has 0 bridgehead atoms. The zero-order valence-corrected chi connectivity index (χ0v) is 10.5. The maximum atomic E-state index is 11.4. The summed E-state index contributed by atoms with van der Waals surface area (Å²) >= 11 is 0. The Morgan fingerprint density at radius 2 is 1.90 bits per heavy atom. The summed E-state index contributed by atoms with van der Waals surface area (Å²) in [5, 5.41) is 25.4. The predicted octanol–water partition coefficient (Wildman–Crippen LogP) is -2.36. The van der Waals surface area contributed by atoms with Crippen LogP contribution in [0, 0.1) is 11.3 Å². The van der Waals surface area contributed by atoms with E-state index in [0.717, 1.165) is 6.20 Å². The van der Waals surface area contributed by atoms with Crippen LogP contribution in [-0.4, -0.2) is 49.1 Å². The van der Waals surface area contributed by atoms with E-state index >= 15 is 0 Å². The molecule has 0 aliphatic heterocycles. The fourth-order valence-corrected chi connectivity index (χ4v) is 0.864. The number of nitriles is 1. The number of hydrogen-bond acceptors (Lipinski definition) is 6. The van der Waals surface area contributed by atoms with Crippen molar-refractivity contribution < 1.29 is 24.3 Å². The molecule has 0 saturated heterocycles. The van der Waals surface area contributed by atoms with E-state index < -0.39 is 35.9 Å². The first-order chi connectivity index (χ1) is 9.40. The molecule has 10 heteroatoms. The summed E-state index contributed by atoms with van der Waals surface area (Å²) in [7, 11) is 1.30. The molecule has 0 aromatic heterocycles. The van der Waals surface area contributed by atoms with Crippen molar-refractivity contribution in [1.29, 1.82) is 5.26 Å². The van der Waals surface area contributed by atoms with Gasteiger partial charge in [-0.2, -0.15) is 5.26 Å². The monoisotopic (exact) mass is 283 g/mol. The number of aliphatic carboxylic acids is 1. The quantitative estimate of drug-likeness (QED) is 0.269. The fraction of sp³-hybridized carbons (Fsp3) is 0.300. The maximum Gasteiger partial charge on any atom is 0.322 e. The minimum atomic E-state index is -1.20. The van der Waals surface area contributed by atoms with E-state index in [1.54, 1.807) is 0 Å². The average molecular weight is 283 g/mol. The van der Waals surface area contributed by atoms with E-state index in [-0.39, 0.29) is 6.54 Å². The minimum Gasteiger partial charge on any atom is -0.480 e. The molecule has 20 heavy (non-hydrogen) atoms. The van der Waals surface area contributed by atoms with Gasteiger partial charge in [-0.25, -0.2) is 4.79 Å². The van der Waals surface area contributed by atoms with Crippen molar-refractivity contribution >= 4 is 23.8 Å². The molecule has 5 N–H and O–H groups in total. The van der Waals surface area contributed by atoms with Crippen molar-refractivity contribution in [2.45, 2.75) is 0 Å². The summed E-state index contributed by atoms with van der Waals surface area (Å²) < 4.78 is 0.